The van der Waals surface area contributed by atoms with Crippen molar-refractivity contribution >= 4 is 23.2 Å². The highest BCUT2D eigenvalue weighted by atomic mass is 35.5. The molecule has 5 heteroatoms. The second kappa shape index (κ2) is 5.32. The number of halogens is 2. The van der Waals surface area contributed by atoms with Crippen LogP contribution >= 0.6 is 23.2 Å². The molecule has 0 unspecified atom stereocenters. The van der Waals surface area contributed by atoms with E-state index in [2.05, 4.69) is 9.88 Å². The number of aliphatic hydroxyl groups excluding tert-OH is 1. The first-order valence-electron chi connectivity index (χ1n) is 5.36. The molecule has 3 nitrogen and oxygen atoms in total. The molecule has 0 radical (unpaired) electrons. The standard InChI is InChI=1S/C11H14Cl2N2O/c12-10-5-8(6-11(13)14-10)7-15-3-1-9(16)2-4-15/h5-6,9,16H,1-4,7H2. The van der Waals surface area contributed by atoms with Gasteiger partial charge in [0.15, 0.2) is 0 Å². The minimum Gasteiger partial charge on any atom is -0.393 e. The Balaban J connectivity index is 1.98. The molecule has 1 N–H and O–H groups in total. The van der Waals surface area contributed by atoms with Crippen LogP contribution in [0, 0.1) is 0 Å². The van der Waals surface area contributed by atoms with Crippen molar-refractivity contribution in [2.24, 2.45) is 0 Å². The number of hydrogen-bond acceptors (Lipinski definition) is 3. The SMILES string of the molecule is OC1CCN(Cc2cc(Cl)nc(Cl)c2)CC1. The Kier molecular flexibility index (Phi) is 4.03. The Hall–Kier alpha value is -0.350. The lowest BCUT2D eigenvalue weighted by molar-refractivity contribution is 0.0792. The maximum atomic E-state index is 9.40. The van der Waals surface area contributed by atoms with Gasteiger partial charge in [-0.15, -0.1) is 0 Å². The molecule has 0 amide bonds. The van der Waals surface area contributed by atoms with Crippen LogP contribution in [0.1, 0.15) is 18.4 Å². The molecule has 0 spiro atoms. The van der Waals surface area contributed by atoms with E-state index in [-0.39, 0.29) is 6.10 Å². The van der Waals surface area contributed by atoms with E-state index in [9.17, 15) is 5.11 Å². The van der Waals surface area contributed by atoms with Crippen LogP contribution in [0.25, 0.3) is 0 Å². The Bertz CT molecular complexity index is 345. The van der Waals surface area contributed by atoms with E-state index in [1.807, 2.05) is 12.1 Å². The third-order valence-electron chi connectivity index (χ3n) is 2.79. The zero-order valence-corrected chi connectivity index (χ0v) is 10.4. The molecule has 1 fully saturated rings. The van der Waals surface area contributed by atoms with Gasteiger partial charge in [-0.2, -0.15) is 0 Å². The molecule has 16 heavy (non-hydrogen) atoms. The highest BCUT2D eigenvalue weighted by Gasteiger charge is 2.17. The molecule has 0 saturated carbocycles. The number of piperidine rings is 1. The summed E-state index contributed by atoms with van der Waals surface area (Å²) in [5.74, 6) is 0. The fourth-order valence-electron chi connectivity index (χ4n) is 1.94. The van der Waals surface area contributed by atoms with Crippen LogP contribution in [0.4, 0.5) is 0 Å². The molecule has 1 aromatic rings. The second-order valence-electron chi connectivity index (χ2n) is 4.13. The molecule has 88 valence electrons. The van der Waals surface area contributed by atoms with E-state index in [1.54, 1.807) is 0 Å². The van der Waals surface area contributed by atoms with Gasteiger partial charge in [0, 0.05) is 19.6 Å². The average molecular weight is 261 g/mol. The first-order valence-corrected chi connectivity index (χ1v) is 6.11. The Morgan fingerprint density at radius 2 is 1.81 bits per heavy atom. The van der Waals surface area contributed by atoms with Crippen LogP contribution in [0.2, 0.25) is 10.3 Å². The summed E-state index contributed by atoms with van der Waals surface area (Å²) in [4.78, 5) is 6.20. The predicted molar refractivity (Wildman–Crippen MR) is 64.8 cm³/mol. The Morgan fingerprint density at radius 3 is 2.38 bits per heavy atom. The Labute approximate surface area is 105 Å². The van der Waals surface area contributed by atoms with E-state index in [0.717, 1.165) is 38.0 Å². The number of hydrogen-bond donors (Lipinski definition) is 1. The normalized spacial score (nSPS) is 18.9. The zero-order chi connectivity index (χ0) is 11.5. The maximum Gasteiger partial charge on any atom is 0.131 e. The van der Waals surface area contributed by atoms with Gasteiger partial charge < -0.3 is 5.11 Å². The van der Waals surface area contributed by atoms with Crippen LogP contribution in [-0.4, -0.2) is 34.2 Å². The third-order valence-corrected chi connectivity index (χ3v) is 3.17. The second-order valence-corrected chi connectivity index (χ2v) is 4.90. The highest BCUT2D eigenvalue weighted by molar-refractivity contribution is 6.32. The molecule has 2 rings (SSSR count). The first kappa shape index (κ1) is 12.1. The van der Waals surface area contributed by atoms with Gasteiger partial charge in [0.25, 0.3) is 0 Å². The van der Waals surface area contributed by atoms with E-state index in [4.69, 9.17) is 23.2 Å². The molecule has 1 aliphatic heterocycles. The van der Waals surface area contributed by atoms with Crippen LogP contribution in [-0.2, 0) is 6.54 Å². The molecule has 1 aromatic heterocycles. The monoisotopic (exact) mass is 260 g/mol. The molecule has 0 aromatic carbocycles. The van der Waals surface area contributed by atoms with Gasteiger partial charge >= 0.3 is 0 Å². The van der Waals surface area contributed by atoms with Crippen molar-refractivity contribution in [3.8, 4) is 0 Å². The maximum absolute atomic E-state index is 9.40. The van der Waals surface area contributed by atoms with Crippen molar-refractivity contribution < 1.29 is 5.11 Å². The van der Waals surface area contributed by atoms with Gasteiger partial charge in [-0.25, -0.2) is 4.98 Å². The minimum atomic E-state index is -0.138. The summed E-state index contributed by atoms with van der Waals surface area (Å²) >= 11 is 11.7. The minimum absolute atomic E-state index is 0.138. The molecule has 1 aliphatic rings. The van der Waals surface area contributed by atoms with Gasteiger partial charge in [-0.1, -0.05) is 23.2 Å². The van der Waals surface area contributed by atoms with Crippen molar-refractivity contribution in [2.75, 3.05) is 13.1 Å². The lowest BCUT2D eigenvalue weighted by atomic mass is 10.1. The third kappa shape index (κ3) is 3.32. The number of aromatic nitrogens is 1. The summed E-state index contributed by atoms with van der Waals surface area (Å²) in [5.41, 5.74) is 1.07. The summed E-state index contributed by atoms with van der Waals surface area (Å²) in [6.07, 6.45) is 1.54. The van der Waals surface area contributed by atoms with Crippen molar-refractivity contribution in [2.45, 2.75) is 25.5 Å². The lowest BCUT2D eigenvalue weighted by Crippen LogP contribution is -2.35. The summed E-state index contributed by atoms with van der Waals surface area (Å²) < 4.78 is 0. The Morgan fingerprint density at radius 1 is 1.25 bits per heavy atom. The number of nitrogens with zero attached hydrogens (tertiary/aromatic N) is 2. The molecular formula is C11H14Cl2N2O. The smallest absolute Gasteiger partial charge is 0.131 e. The highest BCUT2D eigenvalue weighted by Crippen LogP contribution is 2.18. The summed E-state index contributed by atoms with van der Waals surface area (Å²) in [5, 5.41) is 10.3. The quantitative estimate of drug-likeness (QED) is 0.830. The molecule has 0 bridgehead atoms. The number of rotatable bonds is 2. The summed E-state index contributed by atoms with van der Waals surface area (Å²) in [6.45, 7) is 2.64. The largest absolute Gasteiger partial charge is 0.393 e. The fraction of sp³-hybridized carbons (Fsp3) is 0.545. The summed E-state index contributed by atoms with van der Waals surface area (Å²) in [6, 6.07) is 3.66. The van der Waals surface area contributed by atoms with Crippen LogP contribution < -0.4 is 0 Å². The van der Waals surface area contributed by atoms with E-state index < -0.39 is 0 Å². The van der Waals surface area contributed by atoms with Crippen LogP contribution in [0.5, 0.6) is 0 Å². The van der Waals surface area contributed by atoms with Crippen molar-refractivity contribution in [3.63, 3.8) is 0 Å². The van der Waals surface area contributed by atoms with Gasteiger partial charge in [0.1, 0.15) is 10.3 Å². The molecular weight excluding hydrogens is 247 g/mol. The molecule has 2 heterocycles. The lowest BCUT2D eigenvalue weighted by Gasteiger charge is -2.29. The summed E-state index contributed by atoms with van der Waals surface area (Å²) in [7, 11) is 0. The van der Waals surface area contributed by atoms with E-state index >= 15 is 0 Å². The van der Waals surface area contributed by atoms with Gasteiger partial charge in [0.05, 0.1) is 6.10 Å². The topological polar surface area (TPSA) is 36.4 Å². The number of aliphatic hydroxyl groups is 1. The first-order chi connectivity index (χ1) is 7.63. The van der Waals surface area contributed by atoms with Crippen molar-refractivity contribution in [3.05, 3.63) is 28.0 Å². The zero-order valence-electron chi connectivity index (χ0n) is 8.87. The van der Waals surface area contributed by atoms with E-state index in [1.165, 1.54) is 0 Å². The van der Waals surface area contributed by atoms with Crippen molar-refractivity contribution in [1.29, 1.82) is 0 Å². The molecule has 0 atom stereocenters. The number of pyridine rings is 1. The molecule has 0 aliphatic carbocycles. The van der Waals surface area contributed by atoms with Gasteiger partial charge in [0.2, 0.25) is 0 Å². The van der Waals surface area contributed by atoms with E-state index in [0.29, 0.717) is 10.3 Å². The average Bonchev–Trinajstić information content (AvgIpc) is 2.20. The fourth-order valence-corrected chi connectivity index (χ4v) is 2.45. The number of likely N-dealkylation sites (tertiary alicyclic amines) is 1. The molecule has 1 saturated heterocycles. The van der Waals surface area contributed by atoms with Gasteiger partial charge in [-0.3, -0.25) is 4.90 Å². The van der Waals surface area contributed by atoms with Gasteiger partial charge in [-0.05, 0) is 30.5 Å². The van der Waals surface area contributed by atoms with Crippen LogP contribution in [0.3, 0.4) is 0 Å². The predicted octanol–water partition coefficient (Wildman–Crippen LogP) is 2.35. The van der Waals surface area contributed by atoms with Crippen LogP contribution in [0.15, 0.2) is 12.1 Å². The van der Waals surface area contributed by atoms with Crippen molar-refractivity contribution in [1.82, 2.24) is 9.88 Å².